The van der Waals surface area contributed by atoms with Crippen molar-refractivity contribution in [2.24, 2.45) is 17.8 Å². The Balaban J connectivity index is 5.24. The Morgan fingerprint density at radius 3 is 0.687 bits per heavy atom. The molecule has 0 aromatic carbocycles. The van der Waals surface area contributed by atoms with Gasteiger partial charge in [-0.3, -0.25) is 37.3 Å². The van der Waals surface area contributed by atoms with Crippen LogP contribution in [0.15, 0.2) is 0 Å². The van der Waals surface area contributed by atoms with Crippen molar-refractivity contribution < 1.29 is 80.2 Å². The van der Waals surface area contributed by atoms with Crippen LogP contribution >= 0.6 is 15.6 Å². The van der Waals surface area contributed by atoms with Crippen molar-refractivity contribution in [1.82, 2.24) is 0 Å². The maximum absolute atomic E-state index is 13.1. The number of aliphatic hydroxyl groups is 1. The summed E-state index contributed by atoms with van der Waals surface area (Å²) >= 11 is 0. The molecule has 0 fully saturated rings. The molecule has 5 atom stereocenters. The van der Waals surface area contributed by atoms with Gasteiger partial charge in [-0.1, -0.05) is 363 Å². The molecule has 0 aliphatic carbocycles. The molecular weight excluding hydrogens is 1290 g/mol. The third-order valence-electron chi connectivity index (χ3n) is 18.6. The van der Waals surface area contributed by atoms with Gasteiger partial charge in [-0.15, -0.1) is 0 Å². The molecule has 0 rings (SSSR count). The van der Waals surface area contributed by atoms with E-state index < -0.39 is 97.5 Å². The fourth-order valence-electron chi connectivity index (χ4n) is 12.3. The molecular formula is C80H156O17P2. The van der Waals surface area contributed by atoms with E-state index in [-0.39, 0.29) is 25.7 Å². The van der Waals surface area contributed by atoms with E-state index in [1.807, 2.05) is 0 Å². The van der Waals surface area contributed by atoms with Crippen molar-refractivity contribution in [2.75, 3.05) is 39.6 Å². The molecule has 19 heteroatoms. The number of ether oxygens (including phenoxy) is 4. The number of carbonyl (C=O) groups excluding carboxylic acids is 4. The molecule has 0 aliphatic rings. The molecule has 0 radical (unpaired) electrons. The van der Waals surface area contributed by atoms with Crippen LogP contribution in [0.4, 0.5) is 0 Å². The van der Waals surface area contributed by atoms with Gasteiger partial charge in [0.1, 0.15) is 19.3 Å². The lowest BCUT2D eigenvalue weighted by molar-refractivity contribution is -0.161. The molecule has 0 heterocycles. The van der Waals surface area contributed by atoms with E-state index >= 15 is 0 Å². The van der Waals surface area contributed by atoms with Crippen LogP contribution in [0.5, 0.6) is 0 Å². The maximum Gasteiger partial charge on any atom is 0.472 e. The first-order valence-corrected chi connectivity index (χ1v) is 44.3. The quantitative estimate of drug-likeness (QED) is 0.0222. The molecule has 99 heavy (non-hydrogen) atoms. The minimum atomic E-state index is -4.96. The Bertz CT molecular complexity index is 1920. The van der Waals surface area contributed by atoms with Gasteiger partial charge in [0.15, 0.2) is 12.2 Å². The summed E-state index contributed by atoms with van der Waals surface area (Å²) in [7, 11) is -9.92. The molecule has 588 valence electrons. The number of phosphoric acid groups is 2. The number of rotatable bonds is 78. The number of phosphoric ester groups is 2. The molecule has 0 saturated heterocycles. The summed E-state index contributed by atoms with van der Waals surface area (Å²) in [5.41, 5.74) is 0. The van der Waals surface area contributed by atoms with E-state index in [4.69, 9.17) is 37.0 Å². The number of hydrogen-bond acceptors (Lipinski definition) is 15. The van der Waals surface area contributed by atoms with Crippen molar-refractivity contribution in [3.63, 3.8) is 0 Å². The predicted molar refractivity (Wildman–Crippen MR) is 405 cm³/mol. The topological polar surface area (TPSA) is 237 Å². The molecule has 17 nitrogen and oxygen atoms in total. The lowest BCUT2D eigenvalue weighted by Gasteiger charge is -2.21. The van der Waals surface area contributed by atoms with Crippen LogP contribution in [0, 0.1) is 17.8 Å². The van der Waals surface area contributed by atoms with E-state index in [1.165, 1.54) is 218 Å². The van der Waals surface area contributed by atoms with Gasteiger partial charge in [0.05, 0.1) is 26.4 Å². The summed E-state index contributed by atoms with van der Waals surface area (Å²) in [5.74, 6) is 0.194. The average Bonchev–Trinajstić information content (AvgIpc) is 1.01. The minimum absolute atomic E-state index is 0.107. The summed E-state index contributed by atoms with van der Waals surface area (Å²) in [6.45, 7) is 11.9. The van der Waals surface area contributed by atoms with Crippen LogP contribution in [0.25, 0.3) is 0 Å². The first-order valence-electron chi connectivity index (χ1n) is 41.3. The van der Waals surface area contributed by atoms with Crippen LogP contribution < -0.4 is 0 Å². The summed E-state index contributed by atoms with van der Waals surface area (Å²) in [6, 6.07) is 0. The minimum Gasteiger partial charge on any atom is -0.462 e. The second kappa shape index (κ2) is 70.4. The van der Waals surface area contributed by atoms with Crippen LogP contribution in [0.2, 0.25) is 0 Å². The van der Waals surface area contributed by atoms with E-state index in [2.05, 4.69) is 48.5 Å². The van der Waals surface area contributed by atoms with Gasteiger partial charge in [0.2, 0.25) is 0 Å². The Morgan fingerprint density at radius 2 is 0.465 bits per heavy atom. The highest BCUT2D eigenvalue weighted by molar-refractivity contribution is 7.47. The number of esters is 4. The second-order valence-electron chi connectivity index (χ2n) is 30.2. The van der Waals surface area contributed by atoms with Crippen molar-refractivity contribution >= 4 is 39.5 Å². The molecule has 0 spiro atoms. The predicted octanol–water partition coefficient (Wildman–Crippen LogP) is 23.7. The van der Waals surface area contributed by atoms with Crippen molar-refractivity contribution in [2.45, 2.75) is 433 Å². The highest BCUT2D eigenvalue weighted by atomic mass is 31.2. The van der Waals surface area contributed by atoms with Gasteiger partial charge >= 0.3 is 39.5 Å². The highest BCUT2D eigenvalue weighted by Crippen LogP contribution is 2.45. The highest BCUT2D eigenvalue weighted by Gasteiger charge is 2.30. The molecule has 0 aromatic heterocycles. The Kier molecular flexibility index (Phi) is 69.0. The standard InChI is InChI=1S/C80H156O17P2/c1-8-9-10-11-12-13-14-15-23-29-34-41-49-56-63-80(85)97-76(68-91-78(83)62-55-48-43-36-39-46-53-60-73(6)7)70-95-99(88,89)93-66-74(81)65-92-98(86,87)94-69-75(67-90-77(82)61-54-47-40-33-28-25-20-22-27-32-38-45-52-59-72(4)5)96-79(84)64-57-50-42-35-30-24-19-17-16-18-21-26-31-37-44-51-58-71(2)3/h71-76,81H,8-70H2,1-7H3,(H,86,87)(H,88,89)/t74-,75-,76-/m1/s1. The summed E-state index contributed by atoms with van der Waals surface area (Å²) < 4.78 is 68.7. The van der Waals surface area contributed by atoms with E-state index in [0.29, 0.717) is 31.6 Å². The Morgan fingerprint density at radius 1 is 0.273 bits per heavy atom. The maximum atomic E-state index is 13.1. The van der Waals surface area contributed by atoms with Gasteiger partial charge in [-0.25, -0.2) is 9.13 Å². The zero-order valence-corrected chi connectivity index (χ0v) is 66.8. The lowest BCUT2D eigenvalue weighted by atomic mass is 10.0. The molecule has 0 aromatic rings. The zero-order valence-electron chi connectivity index (χ0n) is 65.0. The fourth-order valence-corrected chi connectivity index (χ4v) is 13.9. The van der Waals surface area contributed by atoms with Gasteiger partial charge in [-0.05, 0) is 43.4 Å². The van der Waals surface area contributed by atoms with Crippen LogP contribution in [0.3, 0.4) is 0 Å². The first kappa shape index (κ1) is 97.1. The third-order valence-corrected chi connectivity index (χ3v) is 20.5. The van der Waals surface area contributed by atoms with Gasteiger partial charge in [0.25, 0.3) is 0 Å². The zero-order chi connectivity index (χ0) is 73.0. The van der Waals surface area contributed by atoms with Gasteiger partial charge < -0.3 is 33.8 Å². The lowest BCUT2D eigenvalue weighted by Crippen LogP contribution is -2.30. The largest absolute Gasteiger partial charge is 0.472 e. The number of carbonyl (C=O) groups is 4. The molecule has 0 bridgehead atoms. The summed E-state index contributed by atoms with van der Waals surface area (Å²) in [6.07, 6.45) is 58.3. The average molecular weight is 1450 g/mol. The fraction of sp³-hybridized carbons (Fsp3) is 0.950. The molecule has 0 saturated carbocycles. The van der Waals surface area contributed by atoms with Gasteiger partial charge in [0, 0.05) is 25.7 Å². The van der Waals surface area contributed by atoms with E-state index in [1.54, 1.807) is 0 Å². The van der Waals surface area contributed by atoms with E-state index in [0.717, 1.165) is 108 Å². The SMILES string of the molecule is CCCCCCCCCCCCCCCCC(=O)O[C@H](COC(=O)CCCCCCCCCC(C)C)COP(=O)(O)OC[C@H](O)COP(=O)(O)OC[C@@H](COC(=O)CCCCCCCCCCCCCCCC(C)C)OC(=O)CCCCCCCCCCCCCCCCCCC(C)C. The van der Waals surface area contributed by atoms with Crippen LogP contribution in [-0.2, 0) is 65.4 Å². The summed E-state index contributed by atoms with van der Waals surface area (Å²) in [4.78, 5) is 73.0. The second-order valence-corrected chi connectivity index (χ2v) is 33.1. The molecule has 0 aliphatic heterocycles. The number of unbranched alkanes of at least 4 members (excludes halogenated alkanes) is 46. The molecule has 0 amide bonds. The van der Waals surface area contributed by atoms with Crippen LogP contribution in [0.1, 0.15) is 414 Å². The number of aliphatic hydroxyl groups excluding tert-OH is 1. The van der Waals surface area contributed by atoms with Crippen molar-refractivity contribution in [3.8, 4) is 0 Å². The molecule has 2 unspecified atom stereocenters. The number of hydrogen-bond donors (Lipinski definition) is 3. The van der Waals surface area contributed by atoms with Crippen molar-refractivity contribution in [1.29, 1.82) is 0 Å². The van der Waals surface area contributed by atoms with E-state index in [9.17, 15) is 43.2 Å². The normalized spacial score (nSPS) is 14.0. The van der Waals surface area contributed by atoms with Crippen LogP contribution in [-0.4, -0.2) is 96.7 Å². The monoisotopic (exact) mass is 1450 g/mol. The Labute approximate surface area is 607 Å². The molecule has 3 N–H and O–H groups in total. The third kappa shape index (κ3) is 74.1. The van der Waals surface area contributed by atoms with Crippen molar-refractivity contribution in [3.05, 3.63) is 0 Å². The Hall–Kier alpha value is -1.94. The van der Waals surface area contributed by atoms with Gasteiger partial charge in [-0.2, -0.15) is 0 Å². The first-order chi connectivity index (χ1) is 47.7. The summed E-state index contributed by atoms with van der Waals surface area (Å²) in [5, 5.41) is 10.6. The smallest absolute Gasteiger partial charge is 0.462 e.